The van der Waals surface area contributed by atoms with Crippen LogP contribution in [0.3, 0.4) is 0 Å². The summed E-state index contributed by atoms with van der Waals surface area (Å²) in [5, 5.41) is 26.5. The van der Waals surface area contributed by atoms with Gasteiger partial charge in [-0.05, 0) is 74.7 Å². The van der Waals surface area contributed by atoms with Crippen molar-refractivity contribution in [1.29, 1.82) is 0 Å². The molecule has 0 bridgehead atoms. The quantitative estimate of drug-likeness (QED) is 0.274. The molecule has 5 rings (SSSR count). The van der Waals surface area contributed by atoms with E-state index >= 15 is 0 Å². The molecule has 10 nitrogen and oxygen atoms in total. The van der Waals surface area contributed by atoms with E-state index < -0.39 is 11.9 Å². The number of nitrogens with zero attached hydrogens (tertiary/aromatic N) is 4. The van der Waals surface area contributed by atoms with Crippen molar-refractivity contribution >= 4 is 40.7 Å². The van der Waals surface area contributed by atoms with Gasteiger partial charge in [0.05, 0.1) is 27.5 Å². The Morgan fingerprint density at radius 2 is 1.89 bits per heavy atom. The molecule has 0 unspecified atom stereocenters. The van der Waals surface area contributed by atoms with Gasteiger partial charge >= 0.3 is 5.97 Å². The second-order valence-electron chi connectivity index (χ2n) is 8.93. The van der Waals surface area contributed by atoms with Gasteiger partial charge in [-0.25, -0.2) is 4.79 Å². The highest BCUT2D eigenvalue weighted by Gasteiger charge is 2.30. The standard InChI is InChI=1S/C27H24N4O6/c1-17-22(26(32)30(28-17)20-7-5-6-19(14-20)27(33)34)16-21-9-11-25(37-21)18-8-10-23(24(15-18)31(35)36)29-12-3-2-4-13-29/h5-11,14-16H,2-4,12-13H2,1H3,(H,33,34)/b22-16-. The number of hydrazone groups is 1. The first-order chi connectivity index (χ1) is 17.8. The zero-order chi connectivity index (χ0) is 26.1. The van der Waals surface area contributed by atoms with Crippen LogP contribution in [0.1, 0.15) is 42.3 Å². The summed E-state index contributed by atoms with van der Waals surface area (Å²) in [7, 11) is 0. The van der Waals surface area contributed by atoms with E-state index in [0.717, 1.165) is 37.4 Å². The summed E-state index contributed by atoms with van der Waals surface area (Å²) in [6, 6.07) is 14.4. The van der Waals surface area contributed by atoms with E-state index in [1.54, 1.807) is 49.4 Å². The molecule has 3 heterocycles. The Kier molecular flexibility index (Phi) is 6.31. The number of carbonyl (C=O) groups excluding carboxylic acids is 1. The maximum absolute atomic E-state index is 13.1. The monoisotopic (exact) mass is 500 g/mol. The topological polar surface area (TPSA) is 129 Å². The van der Waals surface area contributed by atoms with E-state index in [-0.39, 0.29) is 16.2 Å². The number of benzene rings is 2. The van der Waals surface area contributed by atoms with Gasteiger partial charge in [0.15, 0.2) is 0 Å². The van der Waals surface area contributed by atoms with Crippen LogP contribution in [0.2, 0.25) is 0 Å². The number of furan rings is 1. The third-order valence-corrected chi connectivity index (χ3v) is 6.47. The molecule has 10 heteroatoms. The van der Waals surface area contributed by atoms with Crippen LogP contribution in [-0.4, -0.2) is 40.7 Å². The van der Waals surface area contributed by atoms with E-state index in [2.05, 4.69) is 10.0 Å². The number of hydrogen-bond donors (Lipinski definition) is 1. The van der Waals surface area contributed by atoms with Crippen molar-refractivity contribution in [2.75, 3.05) is 23.0 Å². The van der Waals surface area contributed by atoms with Crippen LogP contribution in [0.25, 0.3) is 17.4 Å². The van der Waals surface area contributed by atoms with Gasteiger partial charge in [0, 0.05) is 24.7 Å². The lowest BCUT2D eigenvalue weighted by Gasteiger charge is -2.28. The molecule has 0 radical (unpaired) electrons. The van der Waals surface area contributed by atoms with Gasteiger partial charge < -0.3 is 14.4 Å². The first-order valence-corrected chi connectivity index (χ1v) is 11.9. The minimum Gasteiger partial charge on any atom is -0.478 e. The molecule has 2 aliphatic heterocycles. The van der Waals surface area contributed by atoms with Crippen molar-refractivity contribution in [2.24, 2.45) is 5.10 Å². The molecule has 0 saturated carbocycles. The summed E-state index contributed by atoms with van der Waals surface area (Å²) < 4.78 is 5.92. The summed E-state index contributed by atoms with van der Waals surface area (Å²) >= 11 is 0. The molecule has 1 fully saturated rings. The Morgan fingerprint density at radius 1 is 1.11 bits per heavy atom. The molecule has 0 spiro atoms. The number of carbonyl (C=O) groups is 2. The highest BCUT2D eigenvalue weighted by atomic mass is 16.6. The van der Waals surface area contributed by atoms with Gasteiger partial charge in [0.25, 0.3) is 11.6 Å². The van der Waals surface area contributed by atoms with E-state index in [1.807, 2.05) is 0 Å². The fraction of sp³-hybridized carbons (Fsp3) is 0.222. The van der Waals surface area contributed by atoms with Crippen LogP contribution in [0, 0.1) is 10.1 Å². The number of rotatable bonds is 6. The van der Waals surface area contributed by atoms with E-state index in [9.17, 15) is 24.8 Å². The first kappa shape index (κ1) is 24.0. The largest absolute Gasteiger partial charge is 0.478 e. The number of carboxylic acid groups (broad SMARTS) is 1. The second kappa shape index (κ2) is 9.73. The molecule has 1 saturated heterocycles. The number of anilines is 2. The lowest BCUT2D eigenvalue weighted by Crippen LogP contribution is -2.29. The first-order valence-electron chi connectivity index (χ1n) is 11.9. The number of aromatic carboxylic acids is 1. The van der Waals surface area contributed by atoms with Crippen molar-refractivity contribution < 1.29 is 24.0 Å². The second-order valence-corrected chi connectivity index (χ2v) is 8.93. The van der Waals surface area contributed by atoms with E-state index in [4.69, 9.17) is 4.42 Å². The van der Waals surface area contributed by atoms with E-state index in [1.165, 1.54) is 18.2 Å². The maximum atomic E-state index is 13.1. The Bertz CT molecular complexity index is 1470. The lowest BCUT2D eigenvalue weighted by molar-refractivity contribution is -0.384. The highest BCUT2D eigenvalue weighted by molar-refractivity contribution is 6.32. The summed E-state index contributed by atoms with van der Waals surface area (Å²) in [5.41, 5.74) is 2.34. The van der Waals surface area contributed by atoms with Crippen LogP contribution in [0.4, 0.5) is 17.1 Å². The van der Waals surface area contributed by atoms with Gasteiger partial charge in [0.1, 0.15) is 17.2 Å². The fourth-order valence-electron chi connectivity index (χ4n) is 4.58. The number of piperidine rings is 1. The van der Waals surface area contributed by atoms with Crippen molar-refractivity contribution in [2.45, 2.75) is 26.2 Å². The SMILES string of the molecule is CC1=NN(c2cccc(C(=O)O)c2)C(=O)/C1=C\c1ccc(-c2ccc(N3CCCCC3)c([N+](=O)[O-])c2)o1. The molecule has 1 aromatic heterocycles. The van der Waals surface area contributed by atoms with Gasteiger partial charge in [-0.15, -0.1) is 0 Å². The number of nitro benzene ring substituents is 1. The van der Waals surface area contributed by atoms with Crippen LogP contribution >= 0.6 is 0 Å². The Balaban J connectivity index is 1.40. The highest BCUT2D eigenvalue weighted by Crippen LogP contribution is 2.35. The van der Waals surface area contributed by atoms with Crippen LogP contribution in [0.15, 0.2) is 69.7 Å². The van der Waals surface area contributed by atoms with Gasteiger partial charge in [0.2, 0.25) is 0 Å². The maximum Gasteiger partial charge on any atom is 0.335 e. The summed E-state index contributed by atoms with van der Waals surface area (Å²) in [6.45, 7) is 3.27. The van der Waals surface area contributed by atoms with Crippen LogP contribution in [-0.2, 0) is 4.79 Å². The predicted molar refractivity (Wildman–Crippen MR) is 139 cm³/mol. The minimum absolute atomic E-state index is 0.0314. The Labute approximate surface area is 212 Å². The predicted octanol–water partition coefficient (Wildman–Crippen LogP) is 5.35. The molecular weight excluding hydrogens is 476 g/mol. The third kappa shape index (κ3) is 4.73. The van der Waals surface area contributed by atoms with Crippen LogP contribution in [0.5, 0.6) is 0 Å². The fourth-order valence-corrected chi connectivity index (χ4v) is 4.58. The molecule has 37 heavy (non-hydrogen) atoms. The smallest absolute Gasteiger partial charge is 0.335 e. The molecule has 0 atom stereocenters. The zero-order valence-corrected chi connectivity index (χ0v) is 20.1. The number of nitro groups is 1. The van der Waals surface area contributed by atoms with Crippen molar-refractivity contribution in [1.82, 2.24) is 0 Å². The zero-order valence-electron chi connectivity index (χ0n) is 20.1. The summed E-state index contributed by atoms with van der Waals surface area (Å²) in [5.74, 6) is -0.695. The summed E-state index contributed by atoms with van der Waals surface area (Å²) in [6.07, 6.45) is 4.71. The number of hydrogen-bond acceptors (Lipinski definition) is 7. The lowest BCUT2D eigenvalue weighted by atomic mass is 10.1. The summed E-state index contributed by atoms with van der Waals surface area (Å²) in [4.78, 5) is 37.8. The van der Waals surface area contributed by atoms with Gasteiger partial charge in [-0.3, -0.25) is 14.9 Å². The number of carboxylic acids is 1. The third-order valence-electron chi connectivity index (χ3n) is 6.47. The number of amides is 1. The van der Waals surface area contributed by atoms with Crippen LogP contribution < -0.4 is 9.91 Å². The molecule has 1 N–H and O–H groups in total. The molecule has 2 aromatic carbocycles. The normalized spacial score (nSPS) is 16.8. The van der Waals surface area contributed by atoms with Crippen molar-refractivity contribution in [3.05, 3.63) is 81.6 Å². The van der Waals surface area contributed by atoms with E-state index in [0.29, 0.717) is 39.7 Å². The average molecular weight is 501 g/mol. The molecule has 0 aliphatic carbocycles. The Morgan fingerprint density at radius 3 is 2.62 bits per heavy atom. The minimum atomic E-state index is -1.10. The molecule has 1 amide bonds. The van der Waals surface area contributed by atoms with Crippen molar-refractivity contribution in [3.63, 3.8) is 0 Å². The molecular formula is C27H24N4O6. The van der Waals surface area contributed by atoms with Gasteiger partial charge in [-0.1, -0.05) is 6.07 Å². The molecule has 2 aliphatic rings. The Hall–Kier alpha value is -4.73. The van der Waals surface area contributed by atoms with Crippen molar-refractivity contribution in [3.8, 4) is 11.3 Å². The average Bonchev–Trinajstić information content (AvgIpc) is 3.49. The molecule has 188 valence electrons. The van der Waals surface area contributed by atoms with Gasteiger partial charge in [-0.2, -0.15) is 10.1 Å². The molecule has 3 aromatic rings.